The van der Waals surface area contributed by atoms with Gasteiger partial charge in [-0.15, -0.1) is 5.10 Å². The molecule has 0 atom stereocenters. The van der Waals surface area contributed by atoms with Crippen molar-refractivity contribution in [3.8, 4) is 6.01 Å². The molecule has 0 aliphatic carbocycles. The van der Waals surface area contributed by atoms with Gasteiger partial charge in [-0.05, 0) is 19.1 Å². The molecule has 6 nitrogen and oxygen atoms in total. The molecule has 0 aliphatic rings. The largest absolute Gasteiger partial charge is 0.468 e. The fourth-order valence-corrected chi connectivity index (χ4v) is 1.59. The number of aromatic nitrogens is 4. The molecule has 0 fully saturated rings. The second kappa shape index (κ2) is 5.14. The van der Waals surface area contributed by atoms with E-state index >= 15 is 0 Å². The van der Waals surface area contributed by atoms with Crippen LogP contribution in [-0.4, -0.2) is 26.9 Å². The third-order valence-electron chi connectivity index (χ3n) is 2.29. The summed E-state index contributed by atoms with van der Waals surface area (Å²) in [5.74, 6) is 0. The summed E-state index contributed by atoms with van der Waals surface area (Å²) in [5.41, 5.74) is 1.01. The van der Waals surface area contributed by atoms with Crippen LogP contribution in [0.1, 0.15) is 11.4 Å². The van der Waals surface area contributed by atoms with Gasteiger partial charge in [0.05, 0.1) is 19.3 Å². The third-order valence-corrected chi connectivity index (χ3v) is 2.49. The van der Waals surface area contributed by atoms with E-state index in [0.717, 1.165) is 0 Å². The Hall–Kier alpha value is -1.95. The SMILES string of the molecule is COc1nc(C)cc(=O)n1Cc1ccc(Cl)nn1. The van der Waals surface area contributed by atoms with Crippen LogP contribution in [0.3, 0.4) is 0 Å². The van der Waals surface area contributed by atoms with E-state index in [9.17, 15) is 4.79 Å². The molecule has 2 aromatic heterocycles. The van der Waals surface area contributed by atoms with Crippen molar-refractivity contribution in [3.63, 3.8) is 0 Å². The van der Waals surface area contributed by atoms with Crippen molar-refractivity contribution < 1.29 is 4.74 Å². The molecular formula is C11H11ClN4O2. The molecule has 0 aromatic carbocycles. The average molecular weight is 267 g/mol. The summed E-state index contributed by atoms with van der Waals surface area (Å²) >= 11 is 5.65. The predicted octanol–water partition coefficient (Wildman–Crippen LogP) is 1.05. The predicted molar refractivity (Wildman–Crippen MR) is 65.9 cm³/mol. The van der Waals surface area contributed by atoms with E-state index in [1.165, 1.54) is 17.7 Å². The summed E-state index contributed by atoms with van der Waals surface area (Å²) in [5, 5.41) is 7.91. The van der Waals surface area contributed by atoms with Crippen LogP contribution in [0, 0.1) is 6.92 Å². The first-order valence-electron chi connectivity index (χ1n) is 5.20. The third kappa shape index (κ3) is 2.65. The summed E-state index contributed by atoms with van der Waals surface area (Å²) in [4.78, 5) is 16.0. The van der Waals surface area contributed by atoms with Crippen LogP contribution in [0.5, 0.6) is 6.01 Å². The first-order chi connectivity index (χ1) is 8.60. The van der Waals surface area contributed by atoms with Gasteiger partial charge in [0.15, 0.2) is 5.15 Å². The summed E-state index contributed by atoms with van der Waals surface area (Å²) < 4.78 is 6.46. The molecule has 0 spiro atoms. The number of methoxy groups -OCH3 is 1. The molecule has 18 heavy (non-hydrogen) atoms. The molecule has 94 valence electrons. The van der Waals surface area contributed by atoms with Crippen molar-refractivity contribution in [3.05, 3.63) is 45.1 Å². The zero-order chi connectivity index (χ0) is 13.1. The van der Waals surface area contributed by atoms with E-state index in [4.69, 9.17) is 16.3 Å². The fourth-order valence-electron chi connectivity index (χ4n) is 1.49. The van der Waals surface area contributed by atoms with Crippen LogP contribution in [0.2, 0.25) is 5.15 Å². The van der Waals surface area contributed by atoms with Gasteiger partial charge in [-0.1, -0.05) is 11.6 Å². The average Bonchev–Trinajstić information content (AvgIpc) is 2.34. The molecule has 2 aromatic rings. The molecule has 0 bridgehead atoms. The Kier molecular flexibility index (Phi) is 3.57. The van der Waals surface area contributed by atoms with Crippen molar-refractivity contribution >= 4 is 11.6 Å². The molecule has 0 amide bonds. The number of hydrogen-bond donors (Lipinski definition) is 0. The monoisotopic (exact) mass is 266 g/mol. The van der Waals surface area contributed by atoms with Crippen LogP contribution in [0.25, 0.3) is 0 Å². The Labute approximate surface area is 108 Å². The number of halogens is 1. The highest BCUT2D eigenvalue weighted by Gasteiger charge is 2.08. The van der Waals surface area contributed by atoms with Crippen LogP contribution >= 0.6 is 11.6 Å². The van der Waals surface area contributed by atoms with Gasteiger partial charge in [0.2, 0.25) is 0 Å². The minimum atomic E-state index is -0.198. The number of hydrogen-bond acceptors (Lipinski definition) is 5. The van der Waals surface area contributed by atoms with Gasteiger partial charge >= 0.3 is 0 Å². The van der Waals surface area contributed by atoms with Crippen LogP contribution in [0.15, 0.2) is 23.0 Å². The van der Waals surface area contributed by atoms with Gasteiger partial charge in [-0.2, -0.15) is 5.10 Å². The van der Waals surface area contributed by atoms with Gasteiger partial charge in [-0.25, -0.2) is 4.98 Å². The van der Waals surface area contributed by atoms with Gasteiger partial charge in [0.1, 0.15) is 0 Å². The molecule has 0 saturated carbocycles. The Morgan fingerprint density at radius 3 is 2.78 bits per heavy atom. The standard InChI is InChI=1S/C11H11ClN4O2/c1-7-5-10(17)16(11(13-7)18-2)6-8-3-4-9(12)15-14-8/h3-5H,6H2,1-2H3. The van der Waals surface area contributed by atoms with E-state index in [2.05, 4.69) is 15.2 Å². The second-order valence-electron chi connectivity index (χ2n) is 3.66. The van der Waals surface area contributed by atoms with E-state index in [1.54, 1.807) is 19.1 Å². The summed E-state index contributed by atoms with van der Waals surface area (Å²) in [6, 6.07) is 4.99. The Morgan fingerprint density at radius 1 is 1.39 bits per heavy atom. The lowest BCUT2D eigenvalue weighted by atomic mass is 10.3. The lowest BCUT2D eigenvalue weighted by molar-refractivity contribution is 0.349. The molecule has 0 N–H and O–H groups in total. The van der Waals surface area contributed by atoms with Gasteiger partial charge in [-0.3, -0.25) is 9.36 Å². The highest BCUT2D eigenvalue weighted by atomic mass is 35.5. The van der Waals surface area contributed by atoms with Crippen LogP contribution in [-0.2, 0) is 6.54 Å². The number of aryl methyl sites for hydroxylation is 1. The highest BCUT2D eigenvalue weighted by molar-refractivity contribution is 6.29. The zero-order valence-corrected chi connectivity index (χ0v) is 10.7. The zero-order valence-electron chi connectivity index (χ0n) is 9.92. The fraction of sp³-hybridized carbons (Fsp3) is 0.273. The molecule has 0 saturated heterocycles. The molecule has 7 heteroatoms. The van der Waals surface area contributed by atoms with Crippen LogP contribution < -0.4 is 10.3 Å². The number of ether oxygens (including phenoxy) is 1. The molecule has 0 unspecified atom stereocenters. The normalized spacial score (nSPS) is 10.4. The molecule has 0 radical (unpaired) electrons. The van der Waals surface area contributed by atoms with Crippen molar-refractivity contribution in [2.75, 3.05) is 7.11 Å². The number of nitrogens with zero attached hydrogens (tertiary/aromatic N) is 4. The van der Waals surface area contributed by atoms with Crippen molar-refractivity contribution in [1.82, 2.24) is 19.7 Å². The van der Waals surface area contributed by atoms with Crippen LogP contribution in [0.4, 0.5) is 0 Å². The lowest BCUT2D eigenvalue weighted by Crippen LogP contribution is -2.23. The maximum absolute atomic E-state index is 11.9. The van der Waals surface area contributed by atoms with Gasteiger partial charge < -0.3 is 4.74 Å². The van der Waals surface area contributed by atoms with Crippen molar-refractivity contribution in [1.29, 1.82) is 0 Å². The van der Waals surface area contributed by atoms with E-state index < -0.39 is 0 Å². The van der Waals surface area contributed by atoms with Gasteiger partial charge in [0, 0.05) is 11.8 Å². The minimum absolute atomic E-state index is 0.198. The first-order valence-corrected chi connectivity index (χ1v) is 5.58. The molecular weight excluding hydrogens is 256 g/mol. The summed E-state index contributed by atoms with van der Waals surface area (Å²) in [6.45, 7) is 1.97. The Balaban J connectivity index is 2.39. The van der Waals surface area contributed by atoms with E-state index in [0.29, 0.717) is 16.5 Å². The summed E-state index contributed by atoms with van der Waals surface area (Å²) in [6.07, 6.45) is 0. The maximum atomic E-state index is 11.9. The first kappa shape index (κ1) is 12.5. The smallest absolute Gasteiger partial charge is 0.299 e. The number of rotatable bonds is 3. The molecule has 2 rings (SSSR count). The van der Waals surface area contributed by atoms with Crippen molar-refractivity contribution in [2.24, 2.45) is 0 Å². The Bertz CT molecular complexity index is 609. The molecule has 2 heterocycles. The Morgan fingerprint density at radius 2 is 2.17 bits per heavy atom. The molecule has 0 aliphatic heterocycles. The van der Waals surface area contributed by atoms with E-state index in [1.807, 2.05) is 0 Å². The maximum Gasteiger partial charge on any atom is 0.299 e. The highest BCUT2D eigenvalue weighted by Crippen LogP contribution is 2.08. The van der Waals surface area contributed by atoms with Gasteiger partial charge in [0.25, 0.3) is 11.6 Å². The topological polar surface area (TPSA) is 69.9 Å². The summed E-state index contributed by atoms with van der Waals surface area (Å²) in [7, 11) is 1.46. The van der Waals surface area contributed by atoms with E-state index in [-0.39, 0.29) is 18.1 Å². The van der Waals surface area contributed by atoms with Crippen molar-refractivity contribution in [2.45, 2.75) is 13.5 Å². The minimum Gasteiger partial charge on any atom is -0.468 e. The second-order valence-corrected chi connectivity index (χ2v) is 4.04. The lowest BCUT2D eigenvalue weighted by Gasteiger charge is -2.10. The quantitative estimate of drug-likeness (QED) is 0.831.